The number of rotatable bonds is 5. The maximum absolute atomic E-state index is 12.9. The molecule has 5 aromatic rings. The monoisotopic (exact) mass is 496 g/mol. The molecule has 0 spiro atoms. The third-order valence-corrected chi connectivity index (χ3v) is 5.78. The highest BCUT2D eigenvalue weighted by Crippen LogP contribution is 2.31. The molecule has 1 N–H and O–H groups in total. The lowest BCUT2D eigenvalue weighted by Crippen LogP contribution is -2.25. The summed E-state index contributed by atoms with van der Waals surface area (Å²) in [4.78, 5) is 25.9. The van der Waals surface area contributed by atoms with Crippen LogP contribution in [0.4, 0.5) is 13.2 Å². The Hall–Kier alpha value is -3.98. The Bertz CT molecular complexity index is 1550. The van der Waals surface area contributed by atoms with E-state index in [1.807, 2.05) is 6.07 Å². The van der Waals surface area contributed by atoms with Crippen LogP contribution in [0.15, 0.2) is 71.3 Å². The van der Waals surface area contributed by atoms with Gasteiger partial charge in [-0.25, -0.2) is 15.0 Å². The standard InChI is InChI=1S/C25H16ClF3N4O2/c26-18-6-2-1-4-15(18)13-31-23(34)22-32-19(12-14-7-9-16(10-8-14)25(27,28)29)21-20(33-22)17-5-3-11-30-24(17)35-21/h1-11H,12-13H2,(H,31,34). The molecule has 0 radical (unpaired) electrons. The molecule has 0 fully saturated rings. The van der Waals surface area contributed by atoms with Crippen molar-refractivity contribution in [2.75, 3.05) is 0 Å². The van der Waals surface area contributed by atoms with Crippen LogP contribution in [0, 0.1) is 0 Å². The Morgan fingerprint density at radius 3 is 2.51 bits per heavy atom. The van der Waals surface area contributed by atoms with E-state index in [2.05, 4.69) is 20.3 Å². The molecule has 0 aliphatic heterocycles. The normalized spacial score (nSPS) is 11.8. The van der Waals surface area contributed by atoms with Crippen molar-refractivity contribution >= 4 is 39.7 Å². The predicted octanol–water partition coefficient (Wildman–Crippen LogP) is 5.96. The Balaban J connectivity index is 1.52. The van der Waals surface area contributed by atoms with Crippen molar-refractivity contribution in [1.29, 1.82) is 0 Å². The molecule has 6 nitrogen and oxygen atoms in total. The Morgan fingerprint density at radius 2 is 1.77 bits per heavy atom. The van der Waals surface area contributed by atoms with Crippen LogP contribution in [-0.4, -0.2) is 20.9 Å². The molecule has 176 valence electrons. The molecule has 2 aromatic carbocycles. The first-order valence-corrected chi connectivity index (χ1v) is 10.9. The molecule has 3 heterocycles. The minimum absolute atomic E-state index is 0.0991. The number of aromatic nitrogens is 3. The molecule has 3 aromatic heterocycles. The fourth-order valence-corrected chi connectivity index (χ4v) is 3.86. The summed E-state index contributed by atoms with van der Waals surface area (Å²) in [5, 5.41) is 3.87. The number of nitrogens with zero attached hydrogens (tertiary/aromatic N) is 3. The first-order valence-electron chi connectivity index (χ1n) is 10.5. The van der Waals surface area contributed by atoms with Gasteiger partial charge in [0.15, 0.2) is 5.58 Å². The second-order valence-corrected chi connectivity index (χ2v) is 8.18. The number of benzene rings is 2. The van der Waals surface area contributed by atoms with Crippen LogP contribution in [0.2, 0.25) is 5.02 Å². The number of furan rings is 1. The van der Waals surface area contributed by atoms with Gasteiger partial charge in [-0.2, -0.15) is 13.2 Å². The van der Waals surface area contributed by atoms with Crippen LogP contribution < -0.4 is 5.32 Å². The van der Waals surface area contributed by atoms with E-state index in [1.165, 1.54) is 12.1 Å². The number of nitrogens with one attached hydrogen (secondary N) is 1. The van der Waals surface area contributed by atoms with E-state index in [0.29, 0.717) is 38.5 Å². The first kappa shape index (κ1) is 22.8. The zero-order valence-electron chi connectivity index (χ0n) is 17.9. The first-order chi connectivity index (χ1) is 16.8. The van der Waals surface area contributed by atoms with Crippen LogP contribution in [0.1, 0.15) is 33.0 Å². The molecular formula is C25H16ClF3N4O2. The van der Waals surface area contributed by atoms with E-state index in [0.717, 1.165) is 17.7 Å². The second kappa shape index (κ2) is 8.99. The van der Waals surface area contributed by atoms with Crippen LogP contribution in [0.5, 0.6) is 0 Å². The third-order valence-electron chi connectivity index (χ3n) is 5.41. The zero-order chi connectivity index (χ0) is 24.6. The molecule has 0 atom stereocenters. The molecule has 1 amide bonds. The average Bonchev–Trinajstić information content (AvgIpc) is 3.22. The highest BCUT2D eigenvalue weighted by Gasteiger charge is 2.30. The molecule has 10 heteroatoms. The molecule has 5 rings (SSSR count). The van der Waals surface area contributed by atoms with E-state index < -0.39 is 17.6 Å². The highest BCUT2D eigenvalue weighted by atomic mass is 35.5. The summed E-state index contributed by atoms with van der Waals surface area (Å²) in [7, 11) is 0. The van der Waals surface area contributed by atoms with E-state index in [4.69, 9.17) is 16.0 Å². The Labute approximate surface area is 201 Å². The number of hydrogen-bond acceptors (Lipinski definition) is 5. The molecule has 0 saturated carbocycles. The van der Waals surface area contributed by atoms with Gasteiger partial charge in [0.25, 0.3) is 5.91 Å². The SMILES string of the molecule is O=C(NCc1ccccc1Cl)c1nc(Cc2ccc(C(F)(F)F)cc2)c2oc3ncccc3c2n1. The maximum Gasteiger partial charge on any atom is 0.416 e. The van der Waals surface area contributed by atoms with Crippen LogP contribution in [0.3, 0.4) is 0 Å². The van der Waals surface area contributed by atoms with Crippen molar-refractivity contribution in [1.82, 2.24) is 20.3 Å². The predicted molar refractivity (Wildman–Crippen MR) is 124 cm³/mol. The lowest BCUT2D eigenvalue weighted by atomic mass is 10.1. The van der Waals surface area contributed by atoms with Gasteiger partial charge in [-0.15, -0.1) is 0 Å². The highest BCUT2D eigenvalue weighted by molar-refractivity contribution is 6.31. The van der Waals surface area contributed by atoms with Gasteiger partial charge in [-0.1, -0.05) is 41.9 Å². The van der Waals surface area contributed by atoms with Crippen LogP contribution in [0.25, 0.3) is 22.2 Å². The third kappa shape index (κ3) is 4.67. The second-order valence-electron chi connectivity index (χ2n) is 7.78. The Morgan fingerprint density at radius 1 is 1.00 bits per heavy atom. The molecule has 35 heavy (non-hydrogen) atoms. The van der Waals surface area contributed by atoms with Crippen molar-refractivity contribution in [3.05, 3.63) is 100 Å². The summed E-state index contributed by atoms with van der Waals surface area (Å²) in [5.41, 5.74) is 1.94. The summed E-state index contributed by atoms with van der Waals surface area (Å²) in [6.07, 6.45) is -2.75. The molecule has 0 aliphatic carbocycles. The lowest BCUT2D eigenvalue weighted by molar-refractivity contribution is -0.137. The van der Waals surface area contributed by atoms with Gasteiger partial charge in [0, 0.05) is 24.2 Å². The summed E-state index contributed by atoms with van der Waals surface area (Å²) < 4.78 is 44.7. The van der Waals surface area contributed by atoms with Crippen LogP contribution in [-0.2, 0) is 19.1 Å². The summed E-state index contributed by atoms with van der Waals surface area (Å²) in [6, 6.07) is 15.3. The summed E-state index contributed by atoms with van der Waals surface area (Å²) in [5.74, 6) is -0.628. The largest absolute Gasteiger partial charge is 0.434 e. The summed E-state index contributed by atoms with van der Waals surface area (Å²) in [6.45, 7) is 0.168. The molecule has 0 bridgehead atoms. The number of amides is 1. The van der Waals surface area contributed by atoms with Gasteiger partial charge in [-0.05, 0) is 41.5 Å². The molecular weight excluding hydrogens is 481 g/mol. The van der Waals surface area contributed by atoms with Crippen molar-refractivity contribution in [3.63, 3.8) is 0 Å². The van der Waals surface area contributed by atoms with Gasteiger partial charge < -0.3 is 9.73 Å². The van der Waals surface area contributed by atoms with Crippen molar-refractivity contribution < 1.29 is 22.4 Å². The van der Waals surface area contributed by atoms with Gasteiger partial charge in [0.1, 0.15) is 5.52 Å². The van der Waals surface area contributed by atoms with Crippen molar-refractivity contribution in [2.45, 2.75) is 19.1 Å². The minimum atomic E-state index is -4.43. The number of carbonyl (C=O) groups is 1. The number of fused-ring (bicyclic) bond motifs is 3. The number of halogens is 4. The molecule has 0 aliphatic rings. The van der Waals surface area contributed by atoms with Crippen molar-refractivity contribution in [2.24, 2.45) is 0 Å². The summed E-state index contributed by atoms with van der Waals surface area (Å²) >= 11 is 6.16. The smallest absolute Gasteiger partial charge is 0.416 e. The fourth-order valence-electron chi connectivity index (χ4n) is 3.66. The van der Waals surface area contributed by atoms with E-state index in [9.17, 15) is 18.0 Å². The quantitative estimate of drug-likeness (QED) is 0.324. The lowest BCUT2D eigenvalue weighted by Gasteiger charge is -2.09. The Kier molecular flexibility index (Phi) is 5.86. The van der Waals surface area contributed by atoms with Gasteiger partial charge >= 0.3 is 6.18 Å². The molecule has 0 saturated heterocycles. The zero-order valence-corrected chi connectivity index (χ0v) is 18.7. The van der Waals surface area contributed by atoms with E-state index in [1.54, 1.807) is 36.5 Å². The fraction of sp³-hybridized carbons (Fsp3) is 0.120. The minimum Gasteiger partial charge on any atom is -0.434 e. The molecule has 0 unspecified atom stereocenters. The topological polar surface area (TPSA) is 80.9 Å². The van der Waals surface area contributed by atoms with E-state index in [-0.39, 0.29) is 18.8 Å². The van der Waals surface area contributed by atoms with Gasteiger partial charge in [-0.3, -0.25) is 4.79 Å². The average molecular weight is 497 g/mol. The maximum atomic E-state index is 12.9. The number of carbonyl (C=O) groups excluding carboxylic acids is 1. The van der Waals surface area contributed by atoms with E-state index >= 15 is 0 Å². The van der Waals surface area contributed by atoms with Gasteiger partial charge in [0.05, 0.1) is 16.6 Å². The van der Waals surface area contributed by atoms with Crippen LogP contribution >= 0.6 is 11.6 Å². The van der Waals surface area contributed by atoms with Crippen molar-refractivity contribution in [3.8, 4) is 0 Å². The number of pyridine rings is 1. The van der Waals surface area contributed by atoms with Gasteiger partial charge in [0.2, 0.25) is 11.5 Å². The number of alkyl halides is 3. The number of hydrogen-bond donors (Lipinski definition) is 1.